The molecule has 1 N–H and O–H groups in total. The molecule has 1 aromatic rings. The van der Waals surface area contributed by atoms with E-state index in [2.05, 4.69) is 5.32 Å². The van der Waals surface area contributed by atoms with Crippen LogP contribution in [0.25, 0.3) is 0 Å². The SMILES string of the molecule is Cc1cc(C(F)C2CCCNC2)ccc1F. The van der Waals surface area contributed by atoms with Crippen molar-refractivity contribution in [2.75, 3.05) is 13.1 Å². The molecule has 1 aliphatic rings. The van der Waals surface area contributed by atoms with Gasteiger partial charge in [0.25, 0.3) is 0 Å². The van der Waals surface area contributed by atoms with Crippen LogP contribution >= 0.6 is 0 Å². The van der Waals surface area contributed by atoms with E-state index in [-0.39, 0.29) is 11.7 Å². The molecule has 1 heterocycles. The van der Waals surface area contributed by atoms with Gasteiger partial charge in [0.2, 0.25) is 0 Å². The second-order valence-electron chi connectivity index (χ2n) is 4.52. The van der Waals surface area contributed by atoms with Crippen LogP contribution < -0.4 is 5.32 Å². The fraction of sp³-hybridized carbons (Fsp3) is 0.538. The van der Waals surface area contributed by atoms with Gasteiger partial charge in [-0.1, -0.05) is 12.1 Å². The van der Waals surface area contributed by atoms with Crippen molar-refractivity contribution in [3.05, 3.63) is 35.1 Å². The van der Waals surface area contributed by atoms with E-state index < -0.39 is 6.17 Å². The number of hydrogen-bond acceptors (Lipinski definition) is 1. The van der Waals surface area contributed by atoms with Crippen LogP contribution in [-0.4, -0.2) is 13.1 Å². The Morgan fingerprint density at radius 2 is 2.25 bits per heavy atom. The second kappa shape index (κ2) is 4.91. The maximum absolute atomic E-state index is 14.2. The fourth-order valence-electron chi connectivity index (χ4n) is 2.24. The highest BCUT2D eigenvalue weighted by molar-refractivity contribution is 5.26. The number of piperidine rings is 1. The van der Waals surface area contributed by atoms with Crippen molar-refractivity contribution in [2.45, 2.75) is 25.9 Å². The molecule has 0 saturated carbocycles. The standard InChI is InChI=1S/C13H17F2N/c1-9-7-10(4-5-12(9)14)13(15)11-3-2-6-16-8-11/h4-5,7,11,13,16H,2-3,6,8H2,1H3. The van der Waals surface area contributed by atoms with E-state index in [9.17, 15) is 8.78 Å². The van der Waals surface area contributed by atoms with Crippen molar-refractivity contribution in [2.24, 2.45) is 5.92 Å². The molecule has 2 atom stereocenters. The van der Waals surface area contributed by atoms with Crippen molar-refractivity contribution in [3.63, 3.8) is 0 Å². The molecule has 1 nitrogen and oxygen atoms in total. The summed E-state index contributed by atoms with van der Waals surface area (Å²) >= 11 is 0. The van der Waals surface area contributed by atoms with Gasteiger partial charge in [-0.25, -0.2) is 8.78 Å². The Hall–Kier alpha value is -0.960. The largest absolute Gasteiger partial charge is 0.316 e. The molecule has 1 saturated heterocycles. The molecular weight excluding hydrogens is 208 g/mol. The van der Waals surface area contributed by atoms with Crippen molar-refractivity contribution in [1.82, 2.24) is 5.32 Å². The summed E-state index contributed by atoms with van der Waals surface area (Å²) in [5.74, 6) is -0.240. The van der Waals surface area contributed by atoms with Crippen LogP contribution in [0.4, 0.5) is 8.78 Å². The molecule has 3 heteroatoms. The molecule has 0 radical (unpaired) electrons. The van der Waals surface area contributed by atoms with Crippen LogP contribution in [0.3, 0.4) is 0 Å². The van der Waals surface area contributed by atoms with E-state index in [1.807, 2.05) is 0 Å². The Bertz CT molecular complexity index is 359. The minimum atomic E-state index is -0.980. The Kier molecular flexibility index (Phi) is 3.54. The third-order valence-corrected chi connectivity index (χ3v) is 3.25. The molecule has 88 valence electrons. The number of aryl methyl sites for hydroxylation is 1. The van der Waals surface area contributed by atoms with Crippen molar-refractivity contribution in [3.8, 4) is 0 Å². The molecule has 2 unspecified atom stereocenters. The van der Waals surface area contributed by atoms with Crippen LogP contribution in [0.2, 0.25) is 0 Å². The van der Waals surface area contributed by atoms with Gasteiger partial charge < -0.3 is 5.32 Å². The van der Waals surface area contributed by atoms with Crippen LogP contribution in [0.1, 0.15) is 30.1 Å². The topological polar surface area (TPSA) is 12.0 Å². The number of nitrogens with one attached hydrogen (secondary N) is 1. The van der Waals surface area contributed by atoms with Gasteiger partial charge in [-0.15, -0.1) is 0 Å². The predicted molar refractivity (Wildman–Crippen MR) is 60.6 cm³/mol. The quantitative estimate of drug-likeness (QED) is 0.815. The maximum atomic E-state index is 14.2. The lowest BCUT2D eigenvalue weighted by Crippen LogP contribution is -2.32. The normalized spacial score (nSPS) is 23.1. The molecule has 1 fully saturated rings. The third-order valence-electron chi connectivity index (χ3n) is 3.25. The first-order valence-corrected chi connectivity index (χ1v) is 5.79. The lowest BCUT2D eigenvalue weighted by Gasteiger charge is -2.26. The molecule has 0 aromatic heterocycles. The Balaban J connectivity index is 2.12. The molecule has 2 rings (SSSR count). The van der Waals surface area contributed by atoms with Gasteiger partial charge in [-0.05, 0) is 43.5 Å². The molecule has 0 spiro atoms. The number of alkyl halides is 1. The van der Waals surface area contributed by atoms with Crippen LogP contribution in [0.5, 0.6) is 0 Å². The molecule has 0 amide bonds. The summed E-state index contributed by atoms with van der Waals surface area (Å²) in [6.07, 6.45) is 0.947. The summed E-state index contributed by atoms with van der Waals surface area (Å²) in [6.45, 7) is 3.37. The molecule has 1 aromatic carbocycles. The average molecular weight is 225 g/mol. The highest BCUT2D eigenvalue weighted by atomic mass is 19.1. The van der Waals surface area contributed by atoms with Gasteiger partial charge in [0.05, 0.1) is 0 Å². The number of hydrogen-bond donors (Lipinski definition) is 1. The van der Waals surface area contributed by atoms with Crippen molar-refractivity contribution in [1.29, 1.82) is 0 Å². The van der Waals surface area contributed by atoms with Gasteiger partial charge in [0, 0.05) is 12.5 Å². The van der Waals surface area contributed by atoms with E-state index in [1.54, 1.807) is 19.1 Å². The zero-order valence-corrected chi connectivity index (χ0v) is 9.47. The Morgan fingerprint density at radius 3 is 2.88 bits per heavy atom. The molecule has 16 heavy (non-hydrogen) atoms. The zero-order chi connectivity index (χ0) is 11.5. The van der Waals surface area contributed by atoms with Gasteiger partial charge in [-0.3, -0.25) is 0 Å². The summed E-state index contributed by atoms with van der Waals surface area (Å²) < 4.78 is 27.2. The predicted octanol–water partition coefficient (Wildman–Crippen LogP) is 3.14. The first-order chi connectivity index (χ1) is 7.68. The maximum Gasteiger partial charge on any atom is 0.129 e. The van der Waals surface area contributed by atoms with Crippen molar-refractivity contribution < 1.29 is 8.78 Å². The van der Waals surface area contributed by atoms with E-state index in [0.29, 0.717) is 11.1 Å². The molecule has 0 bridgehead atoms. The van der Waals surface area contributed by atoms with Crippen LogP contribution in [0, 0.1) is 18.7 Å². The Morgan fingerprint density at radius 1 is 1.44 bits per heavy atom. The van der Waals surface area contributed by atoms with E-state index >= 15 is 0 Å². The van der Waals surface area contributed by atoms with Gasteiger partial charge in [-0.2, -0.15) is 0 Å². The number of benzene rings is 1. The Labute approximate surface area is 94.9 Å². The molecule has 1 aliphatic heterocycles. The molecule has 0 aliphatic carbocycles. The summed E-state index contributed by atoms with van der Waals surface area (Å²) in [5.41, 5.74) is 1.12. The number of rotatable bonds is 2. The highest BCUT2D eigenvalue weighted by Gasteiger charge is 2.24. The lowest BCUT2D eigenvalue weighted by molar-refractivity contribution is 0.194. The first kappa shape index (κ1) is 11.5. The summed E-state index contributed by atoms with van der Waals surface area (Å²) in [4.78, 5) is 0. The minimum Gasteiger partial charge on any atom is -0.316 e. The molecular formula is C13H17F2N. The fourth-order valence-corrected chi connectivity index (χ4v) is 2.24. The lowest BCUT2D eigenvalue weighted by atomic mass is 9.90. The summed E-state index contributed by atoms with van der Waals surface area (Å²) in [5, 5.41) is 3.20. The highest BCUT2D eigenvalue weighted by Crippen LogP contribution is 2.31. The van der Waals surface area contributed by atoms with Crippen LogP contribution in [0.15, 0.2) is 18.2 Å². The summed E-state index contributed by atoms with van der Waals surface area (Å²) in [7, 11) is 0. The van der Waals surface area contributed by atoms with E-state index in [4.69, 9.17) is 0 Å². The number of halogens is 2. The van der Waals surface area contributed by atoms with Crippen molar-refractivity contribution >= 4 is 0 Å². The average Bonchev–Trinajstić information content (AvgIpc) is 2.33. The summed E-state index contributed by atoms with van der Waals surface area (Å²) in [6, 6.07) is 4.53. The smallest absolute Gasteiger partial charge is 0.129 e. The third kappa shape index (κ3) is 2.40. The van der Waals surface area contributed by atoms with Gasteiger partial charge in [0.15, 0.2) is 0 Å². The van der Waals surface area contributed by atoms with Gasteiger partial charge in [0.1, 0.15) is 12.0 Å². The minimum absolute atomic E-state index is 0.0265. The van der Waals surface area contributed by atoms with Crippen LogP contribution in [-0.2, 0) is 0 Å². The van der Waals surface area contributed by atoms with Gasteiger partial charge >= 0.3 is 0 Å². The van der Waals surface area contributed by atoms with E-state index in [0.717, 1.165) is 25.9 Å². The second-order valence-corrected chi connectivity index (χ2v) is 4.52. The monoisotopic (exact) mass is 225 g/mol. The van der Waals surface area contributed by atoms with E-state index in [1.165, 1.54) is 6.07 Å². The first-order valence-electron chi connectivity index (χ1n) is 5.79. The zero-order valence-electron chi connectivity index (χ0n) is 9.47.